The molecule has 0 radical (unpaired) electrons. The van der Waals surface area contributed by atoms with Gasteiger partial charge in [-0.3, -0.25) is 4.90 Å². The quantitative estimate of drug-likeness (QED) is 0.618. The van der Waals surface area contributed by atoms with E-state index in [9.17, 15) is 13.6 Å². The zero-order valence-corrected chi connectivity index (χ0v) is 18.9. The molecular formula is C21H25BrF2N2O2S. The first-order chi connectivity index (χ1) is 13.3. The number of rotatable bonds is 4. The lowest BCUT2D eigenvalue weighted by atomic mass is 9.98. The van der Waals surface area contributed by atoms with Crippen LogP contribution in [0.3, 0.4) is 0 Å². The van der Waals surface area contributed by atoms with Crippen molar-refractivity contribution in [2.45, 2.75) is 50.4 Å². The van der Waals surface area contributed by atoms with Crippen LogP contribution < -0.4 is 21.9 Å². The molecular weight excluding hydrogens is 462 g/mol. The van der Waals surface area contributed by atoms with Crippen molar-refractivity contribution in [1.29, 1.82) is 0 Å². The molecule has 4 rings (SSSR count). The van der Waals surface area contributed by atoms with Crippen molar-refractivity contribution in [3.8, 4) is 0 Å². The molecule has 2 saturated heterocycles. The Morgan fingerprint density at radius 3 is 2.48 bits per heavy atom. The number of fused-ring (bicyclic) bond motifs is 2. The summed E-state index contributed by atoms with van der Waals surface area (Å²) >= 11 is 1.39. The van der Waals surface area contributed by atoms with Gasteiger partial charge in [0.15, 0.2) is 0 Å². The normalized spacial score (nSPS) is 24.6. The first-order valence-corrected chi connectivity index (χ1v) is 10.5. The Labute approximate surface area is 184 Å². The van der Waals surface area contributed by atoms with Crippen molar-refractivity contribution >= 4 is 22.4 Å². The first-order valence-electron chi connectivity index (χ1n) is 9.63. The Morgan fingerprint density at radius 2 is 1.90 bits per heavy atom. The summed E-state index contributed by atoms with van der Waals surface area (Å²) in [4.78, 5) is 14.4. The van der Waals surface area contributed by atoms with Crippen LogP contribution in [0.15, 0.2) is 35.7 Å². The van der Waals surface area contributed by atoms with Gasteiger partial charge in [-0.1, -0.05) is 6.07 Å². The number of hydrogen-bond donors (Lipinski definition) is 0. The lowest BCUT2D eigenvalue weighted by Crippen LogP contribution is -3.00. The Bertz CT molecular complexity index is 846. The van der Waals surface area contributed by atoms with E-state index in [2.05, 4.69) is 14.1 Å². The Hall–Kier alpha value is -1.51. The SMILES string of the molecule is C[N+]1(C)[C@@H]2CC[C@H]1C[C@@H](OC(=O)N(Cc1ccc(F)cc1F)c1cccs1)C2.[Br-]. The van der Waals surface area contributed by atoms with Crippen LogP contribution in [0.4, 0.5) is 18.6 Å². The summed E-state index contributed by atoms with van der Waals surface area (Å²) in [6, 6.07) is 8.09. The molecule has 0 saturated carbocycles. The molecule has 2 aliphatic rings. The number of anilines is 1. The molecule has 2 fully saturated rings. The number of carbonyl (C=O) groups excluding carboxylic acids is 1. The first kappa shape index (κ1) is 22.2. The van der Waals surface area contributed by atoms with E-state index in [-0.39, 0.29) is 35.2 Å². The van der Waals surface area contributed by atoms with Crippen molar-refractivity contribution in [3.63, 3.8) is 0 Å². The number of hydrogen-bond acceptors (Lipinski definition) is 3. The lowest BCUT2D eigenvalue weighted by Gasteiger charge is -2.44. The van der Waals surface area contributed by atoms with Gasteiger partial charge in [-0.05, 0) is 23.6 Å². The monoisotopic (exact) mass is 486 g/mol. The summed E-state index contributed by atoms with van der Waals surface area (Å²) in [7, 11) is 4.52. The van der Waals surface area contributed by atoms with Crippen LogP contribution in [0.5, 0.6) is 0 Å². The number of halogens is 3. The van der Waals surface area contributed by atoms with E-state index in [0.717, 1.165) is 23.4 Å². The van der Waals surface area contributed by atoms with E-state index in [1.54, 1.807) is 6.07 Å². The minimum absolute atomic E-state index is 0. The molecule has 2 aromatic rings. The van der Waals surface area contributed by atoms with E-state index in [1.165, 1.54) is 41.2 Å². The molecule has 1 aromatic heterocycles. The second-order valence-electron chi connectivity index (χ2n) is 8.26. The lowest BCUT2D eigenvalue weighted by molar-refractivity contribution is -0.931. The third kappa shape index (κ3) is 4.49. The van der Waals surface area contributed by atoms with Gasteiger partial charge in [0.2, 0.25) is 0 Å². The van der Waals surface area contributed by atoms with Crippen LogP contribution in [0, 0.1) is 11.6 Å². The van der Waals surface area contributed by atoms with Crippen LogP contribution in [0.25, 0.3) is 0 Å². The van der Waals surface area contributed by atoms with Gasteiger partial charge in [0, 0.05) is 37.3 Å². The van der Waals surface area contributed by atoms with Crippen molar-refractivity contribution in [2.75, 3.05) is 19.0 Å². The standard InChI is InChI=1S/C21H25F2N2O2S.BrH/c1-25(2)16-7-8-17(25)12-18(11-16)27-21(26)24(20-4-3-9-28-20)13-14-5-6-15(22)10-19(14)23;/h3-6,9-10,16-18H,7-8,11-13H2,1-2H3;1H/q+1;/p-1/t16-,17+,18+;. The van der Waals surface area contributed by atoms with Crippen LogP contribution in [0.1, 0.15) is 31.2 Å². The topological polar surface area (TPSA) is 29.5 Å². The summed E-state index contributed by atoms with van der Waals surface area (Å²) in [6.07, 6.45) is 3.47. The highest BCUT2D eigenvalue weighted by Crippen LogP contribution is 2.41. The van der Waals surface area contributed by atoms with Gasteiger partial charge in [0.05, 0.1) is 32.7 Å². The largest absolute Gasteiger partial charge is 1.00 e. The number of nitrogens with zero attached hydrogens (tertiary/aromatic N) is 2. The summed E-state index contributed by atoms with van der Waals surface area (Å²) in [5.41, 5.74) is 0.258. The third-order valence-corrected chi connectivity index (χ3v) is 7.28. The average Bonchev–Trinajstić information content (AvgIpc) is 3.17. The maximum absolute atomic E-state index is 14.2. The van der Waals surface area contributed by atoms with Crippen molar-refractivity contribution in [1.82, 2.24) is 0 Å². The van der Waals surface area contributed by atoms with E-state index in [4.69, 9.17) is 4.74 Å². The van der Waals surface area contributed by atoms with Crippen molar-refractivity contribution < 1.29 is 39.8 Å². The summed E-state index contributed by atoms with van der Waals surface area (Å²) < 4.78 is 34.3. The van der Waals surface area contributed by atoms with Gasteiger partial charge in [0.1, 0.15) is 22.7 Å². The van der Waals surface area contributed by atoms with Crippen LogP contribution >= 0.6 is 11.3 Å². The minimum Gasteiger partial charge on any atom is -1.00 e. The molecule has 0 N–H and O–H groups in total. The molecule has 4 nitrogen and oxygen atoms in total. The average molecular weight is 487 g/mol. The second-order valence-corrected chi connectivity index (χ2v) is 9.19. The molecule has 158 valence electrons. The molecule has 2 aliphatic heterocycles. The molecule has 8 heteroatoms. The second kappa shape index (κ2) is 8.70. The van der Waals surface area contributed by atoms with Crippen molar-refractivity contribution in [2.24, 2.45) is 0 Å². The minimum atomic E-state index is -0.663. The highest BCUT2D eigenvalue weighted by Gasteiger charge is 2.50. The Kier molecular flexibility index (Phi) is 6.65. The highest BCUT2D eigenvalue weighted by molar-refractivity contribution is 7.14. The molecule has 0 spiro atoms. The van der Waals surface area contributed by atoms with Gasteiger partial charge in [0.25, 0.3) is 0 Å². The van der Waals surface area contributed by atoms with Gasteiger partial charge in [-0.15, -0.1) is 11.3 Å². The molecule has 0 unspecified atom stereocenters. The van der Waals surface area contributed by atoms with Crippen molar-refractivity contribution in [3.05, 3.63) is 52.9 Å². The predicted molar refractivity (Wildman–Crippen MR) is 105 cm³/mol. The van der Waals surface area contributed by atoms with Gasteiger partial charge >= 0.3 is 6.09 Å². The van der Waals surface area contributed by atoms with Gasteiger partial charge < -0.3 is 26.2 Å². The number of benzene rings is 1. The number of amides is 1. The maximum atomic E-state index is 14.2. The number of carbonyl (C=O) groups is 1. The van der Waals surface area contributed by atoms with Crippen LogP contribution in [-0.2, 0) is 11.3 Å². The molecule has 0 aliphatic carbocycles. The molecule has 3 heterocycles. The van der Waals surface area contributed by atoms with Crippen LogP contribution in [0.2, 0.25) is 0 Å². The number of thiophene rings is 1. The third-order valence-electron chi connectivity index (χ3n) is 6.39. The molecule has 1 amide bonds. The summed E-state index contributed by atoms with van der Waals surface area (Å²) in [5.74, 6) is -1.30. The summed E-state index contributed by atoms with van der Waals surface area (Å²) in [5, 5.41) is 2.54. The smallest absolute Gasteiger partial charge is 0.415 e. The maximum Gasteiger partial charge on any atom is 0.415 e. The summed E-state index contributed by atoms with van der Waals surface area (Å²) in [6.45, 7) is 0.00654. The Balaban J connectivity index is 0.00000240. The van der Waals surface area contributed by atoms with E-state index in [1.807, 2.05) is 11.4 Å². The van der Waals surface area contributed by atoms with Gasteiger partial charge in [-0.2, -0.15) is 0 Å². The van der Waals surface area contributed by atoms with Crippen LogP contribution in [-0.4, -0.2) is 42.9 Å². The van der Waals surface area contributed by atoms with E-state index >= 15 is 0 Å². The Morgan fingerprint density at radius 1 is 1.21 bits per heavy atom. The zero-order chi connectivity index (χ0) is 19.9. The predicted octanol–water partition coefficient (Wildman–Crippen LogP) is 1.94. The molecule has 3 atom stereocenters. The van der Waals surface area contributed by atoms with E-state index in [0.29, 0.717) is 17.1 Å². The number of piperidine rings is 1. The molecule has 29 heavy (non-hydrogen) atoms. The molecule has 1 aromatic carbocycles. The molecule has 2 bridgehead atoms. The fraction of sp³-hybridized carbons (Fsp3) is 0.476. The zero-order valence-electron chi connectivity index (χ0n) is 16.5. The fourth-order valence-corrected chi connectivity index (χ4v) is 5.33. The fourth-order valence-electron chi connectivity index (χ4n) is 4.61. The van der Waals surface area contributed by atoms with Gasteiger partial charge in [-0.25, -0.2) is 13.6 Å². The highest BCUT2D eigenvalue weighted by atomic mass is 79.9. The number of quaternary nitrogens is 1. The van der Waals surface area contributed by atoms with E-state index < -0.39 is 17.7 Å². The number of ether oxygens (including phenoxy) is 1.